The molecule has 328 valence electrons. The van der Waals surface area contributed by atoms with Crippen LogP contribution in [-0.2, 0) is 0 Å². The molecule has 0 fully saturated rings. The number of thiophene rings is 1. The lowest BCUT2D eigenvalue weighted by atomic mass is 9.91. The highest BCUT2D eigenvalue weighted by Gasteiger charge is 2.23. The van der Waals surface area contributed by atoms with Gasteiger partial charge < -0.3 is 8.98 Å². The van der Waals surface area contributed by atoms with Crippen molar-refractivity contribution in [2.24, 2.45) is 0 Å². The van der Waals surface area contributed by atoms with Crippen molar-refractivity contribution in [3.63, 3.8) is 0 Å². The van der Waals surface area contributed by atoms with E-state index in [0.29, 0.717) is 23.9 Å². The summed E-state index contributed by atoms with van der Waals surface area (Å²) in [6, 6.07) is 66.6. The van der Waals surface area contributed by atoms with Gasteiger partial charge in [-0.2, -0.15) is 0 Å². The molecule has 4 aromatic heterocycles. The van der Waals surface area contributed by atoms with E-state index in [-0.39, 0.29) is 5.92 Å². The summed E-state index contributed by atoms with van der Waals surface area (Å²) in [7, 11) is 0. The highest BCUT2D eigenvalue weighted by molar-refractivity contribution is 7.26. The van der Waals surface area contributed by atoms with E-state index in [2.05, 4.69) is 204 Å². The molecule has 14 rings (SSSR count). The van der Waals surface area contributed by atoms with Crippen LogP contribution in [-0.4, -0.2) is 19.5 Å². The monoisotopic (exact) mass is 912 g/mol. The summed E-state index contributed by atoms with van der Waals surface area (Å²) < 4.78 is 11.5. The number of nitrogens with zero attached hydrogens (tertiary/aromatic N) is 4. The number of hydrogen-bond acceptors (Lipinski definition) is 5. The zero-order valence-electron chi connectivity index (χ0n) is 37.8. The summed E-state index contributed by atoms with van der Waals surface area (Å²) in [4.78, 5) is 16.1. The van der Waals surface area contributed by atoms with E-state index in [1.54, 1.807) is 11.3 Å². The average Bonchev–Trinajstić information content (AvgIpc) is 4.03. The van der Waals surface area contributed by atoms with Crippen LogP contribution in [0, 0.1) is 11.8 Å². The SMILES string of the molecule is C1#CCC(c2nc(-c3cccc4c3sc3ccccc34)nc(-c3cccc4oc5ccc(-n6c7c(c8cc(-c9ccccc9)ccc86)=CC(c6ccccc6)CC=7)cc5c34)n2)=CC(c2ccccc2)=C1. The highest BCUT2D eigenvalue weighted by atomic mass is 32.1. The Balaban J connectivity index is 0.980. The number of hydrogen-bond donors (Lipinski definition) is 0. The first-order valence-electron chi connectivity index (χ1n) is 23.7. The van der Waals surface area contributed by atoms with Gasteiger partial charge in [-0.15, -0.1) is 11.3 Å². The van der Waals surface area contributed by atoms with Gasteiger partial charge >= 0.3 is 0 Å². The van der Waals surface area contributed by atoms with Crippen molar-refractivity contribution in [1.29, 1.82) is 0 Å². The van der Waals surface area contributed by atoms with Gasteiger partial charge in [-0.1, -0.05) is 164 Å². The van der Waals surface area contributed by atoms with Crippen LogP contribution < -0.4 is 10.6 Å². The molecule has 4 heterocycles. The molecule has 8 aromatic carbocycles. The van der Waals surface area contributed by atoms with Crippen molar-refractivity contribution in [2.75, 3.05) is 0 Å². The molecule has 1 atom stereocenters. The number of aromatic nitrogens is 4. The molecule has 2 aliphatic carbocycles. The van der Waals surface area contributed by atoms with Crippen molar-refractivity contribution in [3.8, 4) is 51.4 Å². The Hall–Kier alpha value is -8.89. The van der Waals surface area contributed by atoms with E-state index < -0.39 is 0 Å². The maximum Gasteiger partial charge on any atom is 0.165 e. The van der Waals surface area contributed by atoms with Crippen molar-refractivity contribution in [2.45, 2.75) is 18.8 Å². The van der Waals surface area contributed by atoms with Gasteiger partial charge in [0.05, 0.1) is 5.52 Å². The van der Waals surface area contributed by atoms with Crippen molar-refractivity contribution in [3.05, 3.63) is 228 Å². The van der Waals surface area contributed by atoms with E-state index in [0.717, 1.165) is 72.1 Å². The number of rotatable bonds is 7. The normalized spacial score (nSPS) is 14.4. The van der Waals surface area contributed by atoms with E-state index in [4.69, 9.17) is 19.4 Å². The molecule has 0 saturated carbocycles. The predicted molar refractivity (Wildman–Crippen MR) is 290 cm³/mol. The Kier molecular flexibility index (Phi) is 9.43. The van der Waals surface area contributed by atoms with E-state index in [9.17, 15) is 0 Å². The van der Waals surface area contributed by atoms with Crippen LogP contribution in [0.3, 0.4) is 0 Å². The van der Waals surface area contributed by atoms with Gasteiger partial charge in [-0.05, 0) is 94.9 Å². The Morgan fingerprint density at radius 2 is 1.30 bits per heavy atom. The third-order valence-electron chi connectivity index (χ3n) is 13.9. The lowest BCUT2D eigenvalue weighted by Crippen LogP contribution is -2.31. The molecule has 2 aliphatic rings. The molecule has 5 nitrogen and oxygen atoms in total. The lowest BCUT2D eigenvalue weighted by Gasteiger charge is -2.14. The molecule has 0 N–H and O–H groups in total. The molecule has 0 radical (unpaired) electrons. The molecule has 0 spiro atoms. The van der Waals surface area contributed by atoms with Crippen LogP contribution in [0.5, 0.6) is 0 Å². The minimum absolute atomic E-state index is 0.277. The maximum absolute atomic E-state index is 6.72. The first-order valence-corrected chi connectivity index (χ1v) is 24.5. The fourth-order valence-electron chi connectivity index (χ4n) is 10.6. The molecule has 0 amide bonds. The molecule has 12 aromatic rings. The molecule has 0 saturated heterocycles. The maximum atomic E-state index is 6.72. The van der Waals surface area contributed by atoms with Gasteiger partial charge in [0, 0.05) is 81.6 Å². The van der Waals surface area contributed by atoms with Gasteiger partial charge in [-0.25, -0.2) is 15.0 Å². The zero-order valence-corrected chi connectivity index (χ0v) is 38.6. The van der Waals surface area contributed by atoms with Crippen LogP contribution >= 0.6 is 11.3 Å². The molecule has 0 aliphatic heterocycles. The topological polar surface area (TPSA) is 56.7 Å². The summed E-state index contributed by atoms with van der Waals surface area (Å²) in [5.41, 5.74) is 12.4. The average molecular weight is 913 g/mol. The molecule has 6 heteroatoms. The molecule has 0 bridgehead atoms. The number of benzene rings is 8. The van der Waals surface area contributed by atoms with E-state index >= 15 is 0 Å². The molecular formula is C64H40N4OS. The minimum atomic E-state index is 0.277. The number of allylic oxidation sites excluding steroid dienone is 4. The van der Waals surface area contributed by atoms with Crippen molar-refractivity contribution < 1.29 is 4.42 Å². The van der Waals surface area contributed by atoms with Gasteiger partial charge in [0.2, 0.25) is 0 Å². The quantitative estimate of drug-likeness (QED) is 0.150. The van der Waals surface area contributed by atoms with E-state index in [1.807, 2.05) is 24.3 Å². The van der Waals surface area contributed by atoms with Gasteiger partial charge in [-0.3, -0.25) is 0 Å². The lowest BCUT2D eigenvalue weighted by molar-refractivity contribution is 0.669. The largest absolute Gasteiger partial charge is 0.456 e. The standard InChI is InChI=1S/C64H40N4OS/c1-4-16-40(17-5-1)43-22-10-11-23-46(36-43)62-65-63(67-64(66-62)51-27-14-25-49-48-24-12-13-29-59(48)70-61(49)51)50-26-15-28-58-60(50)54-39-47(32-35-57(54)69-58)68-55-33-30-44(41-18-6-2-7-19-41)37-52(55)53-38-45(31-34-56(53)68)42-20-8-3-9-21-42/h1-9,12-22,24-30,32-39,45H,23,31H2. The third kappa shape index (κ3) is 6.74. The van der Waals surface area contributed by atoms with E-state index in [1.165, 1.54) is 48.1 Å². The highest BCUT2D eigenvalue weighted by Crippen LogP contribution is 2.42. The summed E-state index contributed by atoms with van der Waals surface area (Å²) in [6.45, 7) is 0. The van der Waals surface area contributed by atoms with Crippen LogP contribution in [0.4, 0.5) is 0 Å². The Morgan fingerprint density at radius 3 is 2.16 bits per heavy atom. The Bertz CT molecular complexity index is 4360. The summed E-state index contributed by atoms with van der Waals surface area (Å²) in [5.74, 6) is 8.72. The first kappa shape index (κ1) is 40.2. The van der Waals surface area contributed by atoms with Crippen LogP contribution in [0.2, 0.25) is 0 Å². The third-order valence-corrected chi connectivity index (χ3v) is 15.1. The first-order chi connectivity index (χ1) is 34.7. The van der Waals surface area contributed by atoms with Crippen LogP contribution in [0.1, 0.15) is 35.7 Å². The van der Waals surface area contributed by atoms with Crippen LogP contribution in [0.15, 0.2) is 205 Å². The van der Waals surface area contributed by atoms with Gasteiger partial charge in [0.1, 0.15) is 11.2 Å². The second-order valence-electron chi connectivity index (χ2n) is 18.0. The van der Waals surface area contributed by atoms with Gasteiger partial charge in [0.15, 0.2) is 17.5 Å². The summed E-state index contributed by atoms with van der Waals surface area (Å²) in [6.07, 6.45) is 10.5. The molecule has 70 heavy (non-hydrogen) atoms. The second kappa shape index (κ2) is 16.4. The van der Waals surface area contributed by atoms with Crippen molar-refractivity contribution in [1.82, 2.24) is 19.5 Å². The number of furan rings is 1. The summed E-state index contributed by atoms with van der Waals surface area (Å²) in [5, 5.41) is 8.05. The van der Waals surface area contributed by atoms with Crippen molar-refractivity contribution >= 4 is 87.6 Å². The fourth-order valence-corrected chi connectivity index (χ4v) is 11.8. The number of fused-ring (bicyclic) bond motifs is 9. The Morgan fingerprint density at radius 1 is 0.571 bits per heavy atom. The molecular weight excluding hydrogens is 873 g/mol. The van der Waals surface area contributed by atoms with Crippen LogP contribution in [0.25, 0.3) is 116 Å². The zero-order chi connectivity index (χ0) is 46.1. The molecule has 1 unspecified atom stereocenters. The Labute approximate surface area is 407 Å². The smallest absolute Gasteiger partial charge is 0.165 e. The minimum Gasteiger partial charge on any atom is -0.456 e. The fraction of sp³-hybridized carbons (Fsp3) is 0.0469. The summed E-state index contributed by atoms with van der Waals surface area (Å²) >= 11 is 1.77. The second-order valence-corrected chi connectivity index (χ2v) is 19.1. The van der Waals surface area contributed by atoms with Gasteiger partial charge in [0.25, 0.3) is 0 Å². The predicted octanol–water partition coefficient (Wildman–Crippen LogP) is 14.7.